The number of hydrogen-bond acceptors (Lipinski definition) is 5. The lowest BCUT2D eigenvalue weighted by molar-refractivity contribution is -0.139. The van der Waals surface area contributed by atoms with Gasteiger partial charge in [-0.3, -0.25) is 14.4 Å². The van der Waals surface area contributed by atoms with E-state index in [1.54, 1.807) is 24.0 Å². The van der Waals surface area contributed by atoms with E-state index in [1.807, 2.05) is 18.7 Å². The van der Waals surface area contributed by atoms with Crippen molar-refractivity contribution in [1.29, 1.82) is 0 Å². The van der Waals surface area contributed by atoms with Crippen molar-refractivity contribution in [2.24, 2.45) is 0 Å². The maximum absolute atomic E-state index is 14.8. The third-order valence-corrected chi connectivity index (χ3v) is 8.39. The lowest BCUT2D eigenvalue weighted by Gasteiger charge is -2.40. The van der Waals surface area contributed by atoms with Gasteiger partial charge in [-0.25, -0.2) is 9.49 Å². The van der Waals surface area contributed by atoms with E-state index in [2.05, 4.69) is 39.8 Å². The monoisotopic (exact) mass is 545 g/mol. The van der Waals surface area contributed by atoms with Crippen LogP contribution in [-0.2, 0) is 17.6 Å². The fourth-order valence-corrected chi connectivity index (χ4v) is 5.74. The molecule has 2 aliphatic rings. The number of rotatable bonds is 6. The first-order valence-corrected chi connectivity index (χ1v) is 13.9. The van der Waals surface area contributed by atoms with Crippen LogP contribution in [0.3, 0.4) is 0 Å². The van der Waals surface area contributed by atoms with Gasteiger partial charge in [-0.15, -0.1) is 0 Å². The molecular formula is C31H36FN5O3. The van der Waals surface area contributed by atoms with Crippen LogP contribution >= 0.6 is 0 Å². The van der Waals surface area contributed by atoms with Crippen molar-refractivity contribution in [2.45, 2.75) is 52.0 Å². The van der Waals surface area contributed by atoms with Crippen LogP contribution in [0.25, 0.3) is 0 Å². The molecule has 3 aromatic rings. The largest absolute Gasteiger partial charge is 0.338 e. The Labute approximate surface area is 233 Å². The number of aromatic amines is 1. The number of halogens is 1. The third kappa shape index (κ3) is 5.56. The summed E-state index contributed by atoms with van der Waals surface area (Å²) in [6, 6.07) is 12.8. The maximum Gasteiger partial charge on any atom is 0.267 e. The van der Waals surface area contributed by atoms with Crippen LogP contribution in [0.2, 0.25) is 0 Å². The number of aromatic nitrogens is 2. The van der Waals surface area contributed by atoms with E-state index in [-0.39, 0.29) is 22.9 Å². The first-order valence-electron chi connectivity index (χ1n) is 13.9. The van der Waals surface area contributed by atoms with Crippen LogP contribution in [0, 0.1) is 26.6 Å². The zero-order valence-electron chi connectivity index (χ0n) is 23.3. The molecule has 3 heterocycles. The number of nitrogens with one attached hydrogen (secondary N) is 2. The van der Waals surface area contributed by atoms with Crippen LogP contribution in [0.4, 0.5) is 4.39 Å². The predicted octanol–water partition coefficient (Wildman–Crippen LogP) is 3.07. The quantitative estimate of drug-likeness (QED) is 0.496. The van der Waals surface area contributed by atoms with E-state index in [4.69, 9.17) is 0 Å². The average molecular weight is 546 g/mol. The van der Waals surface area contributed by atoms with E-state index in [9.17, 15) is 18.8 Å². The molecule has 5 rings (SSSR count). The second-order valence-electron chi connectivity index (χ2n) is 11.1. The van der Waals surface area contributed by atoms with E-state index in [0.717, 1.165) is 36.1 Å². The molecule has 2 aliphatic heterocycles. The Kier molecular flexibility index (Phi) is 7.85. The molecule has 8 nitrogen and oxygen atoms in total. The van der Waals surface area contributed by atoms with Crippen LogP contribution < -0.4 is 10.9 Å². The van der Waals surface area contributed by atoms with Gasteiger partial charge in [0.05, 0.1) is 11.3 Å². The molecule has 210 valence electrons. The molecule has 2 aromatic carbocycles. The van der Waals surface area contributed by atoms with Gasteiger partial charge in [-0.05, 0) is 75.4 Å². The highest BCUT2D eigenvalue weighted by molar-refractivity contribution is 5.95. The number of H-pyrrole nitrogens is 1. The van der Waals surface area contributed by atoms with Crippen molar-refractivity contribution in [2.75, 3.05) is 32.7 Å². The molecule has 0 spiro atoms. The van der Waals surface area contributed by atoms with Crippen molar-refractivity contribution in [3.63, 3.8) is 0 Å². The Hall–Kier alpha value is -3.85. The normalized spacial score (nSPS) is 19.2. The SMILES string of the molecule is Cc1ccc(C[C@]2(C(=O)N3CCN(C(=O)c4cc(Cc5n[nH]c(=O)c(C)c5C)ccc4F)CC3)CCCN2)cc1. The highest BCUT2D eigenvalue weighted by Crippen LogP contribution is 2.28. The van der Waals surface area contributed by atoms with Crippen LogP contribution in [0.15, 0.2) is 47.3 Å². The first-order chi connectivity index (χ1) is 19.2. The third-order valence-electron chi connectivity index (χ3n) is 8.39. The predicted molar refractivity (Wildman–Crippen MR) is 151 cm³/mol. The van der Waals surface area contributed by atoms with Crippen molar-refractivity contribution in [1.82, 2.24) is 25.3 Å². The molecular weight excluding hydrogens is 509 g/mol. The minimum atomic E-state index is -0.631. The van der Waals surface area contributed by atoms with Gasteiger partial charge in [0.2, 0.25) is 5.91 Å². The second kappa shape index (κ2) is 11.3. The molecule has 2 fully saturated rings. The summed E-state index contributed by atoms with van der Waals surface area (Å²) in [7, 11) is 0. The van der Waals surface area contributed by atoms with Gasteiger partial charge in [0.15, 0.2) is 0 Å². The van der Waals surface area contributed by atoms with E-state index >= 15 is 0 Å². The number of aryl methyl sites for hydroxylation is 1. The molecule has 1 aromatic heterocycles. The summed E-state index contributed by atoms with van der Waals surface area (Å²) in [5.41, 5.74) is 4.21. The van der Waals surface area contributed by atoms with Gasteiger partial charge in [0.25, 0.3) is 11.5 Å². The first kappa shape index (κ1) is 27.7. The summed E-state index contributed by atoms with van der Waals surface area (Å²) in [4.78, 5) is 42.4. The van der Waals surface area contributed by atoms with Gasteiger partial charge >= 0.3 is 0 Å². The highest BCUT2D eigenvalue weighted by atomic mass is 19.1. The number of amides is 2. The van der Waals surface area contributed by atoms with Crippen LogP contribution in [0.1, 0.15) is 56.7 Å². The topological polar surface area (TPSA) is 98.4 Å². The van der Waals surface area contributed by atoms with Crippen LogP contribution in [0.5, 0.6) is 0 Å². The molecule has 40 heavy (non-hydrogen) atoms. The van der Waals surface area contributed by atoms with Crippen molar-refractivity contribution in [3.8, 4) is 0 Å². The summed E-state index contributed by atoms with van der Waals surface area (Å²) in [5, 5.41) is 10.1. The Morgan fingerprint density at radius 3 is 2.30 bits per heavy atom. The summed E-state index contributed by atoms with van der Waals surface area (Å²) in [6.07, 6.45) is 2.72. The molecule has 2 saturated heterocycles. The molecule has 1 atom stereocenters. The summed E-state index contributed by atoms with van der Waals surface area (Å²) in [5.74, 6) is -0.895. The zero-order chi connectivity index (χ0) is 28.4. The lowest BCUT2D eigenvalue weighted by Crippen LogP contribution is -2.60. The van der Waals surface area contributed by atoms with Crippen LogP contribution in [-0.4, -0.2) is 70.1 Å². The Balaban J connectivity index is 1.26. The van der Waals surface area contributed by atoms with Gasteiger partial charge in [-0.2, -0.15) is 5.10 Å². The standard InChI is InChI=1S/C31H36FN5O3/c1-20-5-7-23(8-6-20)19-31(11-4-12-33-31)30(40)37-15-13-36(14-16-37)29(39)25-17-24(9-10-26(25)32)18-27-21(2)22(3)28(38)35-34-27/h5-10,17,33H,4,11-16,18-19H2,1-3H3,(H,35,38)/t31-/m0/s1. The van der Waals surface area contributed by atoms with Gasteiger partial charge in [0, 0.05) is 38.2 Å². The number of piperazine rings is 1. The zero-order valence-corrected chi connectivity index (χ0v) is 23.3. The Morgan fingerprint density at radius 1 is 0.950 bits per heavy atom. The van der Waals surface area contributed by atoms with E-state index in [0.29, 0.717) is 50.3 Å². The van der Waals surface area contributed by atoms with Crippen molar-refractivity contribution in [3.05, 3.63) is 97.7 Å². The minimum absolute atomic E-state index is 0.00405. The number of carbonyl (C=O) groups is 2. The Bertz CT molecular complexity index is 1470. The summed E-state index contributed by atoms with van der Waals surface area (Å²) in [6.45, 7) is 7.91. The van der Waals surface area contributed by atoms with E-state index in [1.165, 1.54) is 11.6 Å². The fraction of sp³-hybridized carbons (Fsp3) is 0.419. The Morgan fingerprint density at radius 2 is 1.62 bits per heavy atom. The van der Waals surface area contributed by atoms with E-state index < -0.39 is 11.4 Å². The maximum atomic E-state index is 14.8. The number of nitrogens with zero attached hydrogens (tertiary/aromatic N) is 3. The van der Waals surface area contributed by atoms with Crippen molar-refractivity contribution >= 4 is 11.8 Å². The van der Waals surface area contributed by atoms with Gasteiger partial charge in [0.1, 0.15) is 11.4 Å². The molecule has 2 N–H and O–H groups in total. The smallest absolute Gasteiger partial charge is 0.267 e. The van der Waals surface area contributed by atoms with Gasteiger partial charge in [-0.1, -0.05) is 35.9 Å². The van der Waals surface area contributed by atoms with Crippen molar-refractivity contribution < 1.29 is 14.0 Å². The number of benzene rings is 2. The highest BCUT2D eigenvalue weighted by Gasteiger charge is 2.44. The molecule has 0 saturated carbocycles. The molecule has 2 amide bonds. The summed E-state index contributed by atoms with van der Waals surface area (Å²) < 4.78 is 14.8. The minimum Gasteiger partial charge on any atom is -0.338 e. The molecule has 0 unspecified atom stereocenters. The molecule has 0 radical (unpaired) electrons. The summed E-state index contributed by atoms with van der Waals surface area (Å²) >= 11 is 0. The number of hydrogen-bond donors (Lipinski definition) is 2. The average Bonchev–Trinajstić information content (AvgIpc) is 3.44. The van der Waals surface area contributed by atoms with Gasteiger partial charge < -0.3 is 15.1 Å². The molecule has 0 aliphatic carbocycles. The fourth-order valence-electron chi connectivity index (χ4n) is 5.74. The number of carbonyl (C=O) groups excluding carboxylic acids is 2. The lowest BCUT2D eigenvalue weighted by atomic mass is 9.87. The molecule has 0 bridgehead atoms. The molecule has 9 heteroatoms. The second-order valence-corrected chi connectivity index (χ2v) is 11.1.